The van der Waals surface area contributed by atoms with E-state index in [2.05, 4.69) is 47.8 Å². The average molecular weight is 501 g/mol. The number of halogens is 3. The first kappa shape index (κ1) is 19.6. The van der Waals surface area contributed by atoms with Gasteiger partial charge in [0, 0.05) is 17.3 Å². The van der Waals surface area contributed by atoms with E-state index in [9.17, 15) is 9.59 Å². The molecule has 0 N–H and O–H groups in total. The largest absolute Gasteiger partial charge is 0.466 e. The number of rotatable bonds is 8. The molecule has 22 heavy (non-hydrogen) atoms. The van der Waals surface area contributed by atoms with Crippen molar-refractivity contribution in [1.29, 1.82) is 0 Å². The molecule has 0 bridgehead atoms. The lowest BCUT2D eigenvalue weighted by Gasteiger charge is -2.09. The molecule has 0 unspecified atom stereocenters. The topological polar surface area (TPSA) is 52.6 Å². The van der Waals surface area contributed by atoms with Gasteiger partial charge in [-0.1, -0.05) is 22.9 Å². The third kappa shape index (κ3) is 7.24. The second-order valence-corrected chi connectivity index (χ2v) is 7.22. The highest BCUT2D eigenvalue weighted by molar-refractivity contribution is 9.11. The van der Waals surface area contributed by atoms with Crippen molar-refractivity contribution in [3.63, 3.8) is 0 Å². The minimum atomic E-state index is -0.328. The lowest BCUT2D eigenvalue weighted by atomic mass is 10.2. The third-order valence-corrected chi connectivity index (χ3v) is 4.29. The Labute approximate surface area is 155 Å². The molecule has 0 amide bonds. The fourth-order valence-corrected chi connectivity index (χ4v) is 4.04. The van der Waals surface area contributed by atoms with E-state index < -0.39 is 0 Å². The average Bonchev–Trinajstić information content (AvgIpc) is 2.45. The lowest BCUT2D eigenvalue weighted by molar-refractivity contribution is -0.144. The van der Waals surface area contributed by atoms with Gasteiger partial charge in [0.1, 0.15) is 0 Å². The van der Waals surface area contributed by atoms with E-state index in [0.29, 0.717) is 40.6 Å². The molecule has 0 fully saturated rings. The number of ether oxygens (including phenoxy) is 2. The summed E-state index contributed by atoms with van der Waals surface area (Å²) >= 11 is 10.1. The van der Waals surface area contributed by atoms with E-state index in [1.165, 1.54) is 0 Å². The number of benzene rings is 1. The molecule has 0 aromatic heterocycles. The molecule has 0 aliphatic carbocycles. The summed E-state index contributed by atoms with van der Waals surface area (Å²) < 4.78 is 12.5. The Kier molecular flexibility index (Phi) is 9.28. The first-order valence-corrected chi connectivity index (χ1v) is 9.32. The summed E-state index contributed by atoms with van der Waals surface area (Å²) in [5, 5.41) is 0. The Bertz CT molecular complexity index is 509. The van der Waals surface area contributed by atoms with E-state index >= 15 is 0 Å². The molecule has 1 rings (SSSR count). The van der Waals surface area contributed by atoms with Crippen molar-refractivity contribution in [3.05, 3.63) is 25.6 Å². The molecule has 1 aromatic rings. The lowest BCUT2D eigenvalue weighted by Crippen LogP contribution is -2.09. The van der Waals surface area contributed by atoms with Crippen LogP contribution in [0.1, 0.15) is 39.0 Å². The van der Waals surface area contributed by atoms with Crippen molar-refractivity contribution in [1.82, 2.24) is 0 Å². The Balaban J connectivity index is 2.34. The number of carbonyl (C=O) groups is 2. The van der Waals surface area contributed by atoms with E-state index in [4.69, 9.17) is 9.47 Å². The van der Waals surface area contributed by atoms with Gasteiger partial charge in [-0.15, -0.1) is 0 Å². The highest BCUT2D eigenvalue weighted by atomic mass is 79.9. The zero-order valence-electron chi connectivity index (χ0n) is 12.2. The summed E-state index contributed by atoms with van der Waals surface area (Å²) in [5.41, 5.74) is 0. The molecule has 0 heterocycles. The SMILES string of the molecule is CCCOC(=O)CCCCC(=O)Oc1c(Br)cc(Br)cc1Br. The van der Waals surface area contributed by atoms with Gasteiger partial charge >= 0.3 is 11.9 Å². The van der Waals surface area contributed by atoms with E-state index in [1.54, 1.807) is 12.1 Å². The summed E-state index contributed by atoms with van der Waals surface area (Å²) in [7, 11) is 0. The summed E-state index contributed by atoms with van der Waals surface area (Å²) in [6, 6.07) is 3.61. The Hall–Kier alpha value is -0.400. The maximum Gasteiger partial charge on any atom is 0.311 e. The van der Waals surface area contributed by atoms with Gasteiger partial charge in [0.25, 0.3) is 0 Å². The number of hydrogen-bond acceptors (Lipinski definition) is 4. The van der Waals surface area contributed by atoms with Crippen molar-refractivity contribution in [2.45, 2.75) is 39.0 Å². The minimum Gasteiger partial charge on any atom is -0.466 e. The van der Waals surface area contributed by atoms with Gasteiger partial charge < -0.3 is 9.47 Å². The van der Waals surface area contributed by atoms with Crippen LogP contribution in [0.5, 0.6) is 5.75 Å². The number of unbranched alkanes of at least 4 members (excludes halogenated alkanes) is 1. The predicted octanol–water partition coefficient (Wildman–Crippen LogP) is 5.39. The second kappa shape index (κ2) is 10.4. The molecular formula is C15H17Br3O4. The van der Waals surface area contributed by atoms with Crippen molar-refractivity contribution < 1.29 is 19.1 Å². The molecule has 0 atom stereocenters. The van der Waals surface area contributed by atoms with Crippen LogP contribution in [0.3, 0.4) is 0 Å². The van der Waals surface area contributed by atoms with Gasteiger partial charge in [-0.25, -0.2) is 0 Å². The first-order valence-electron chi connectivity index (χ1n) is 6.95. The first-order chi connectivity index (χ1) is 10.4. The van der Waals surface area contributed by atoms with Crippen molar-refractivity contribution in [2.75, 3.05) is 6.61 Å². The monoisotopic (exact) mass is 498 g/mol. The van der Waals surface area contributed by atoms with Crippen LogP contribution in [0.25, 0.3) is 0 Å². The molecule has 0 aliphatic heterocycles. The maximum absolute atomic E-state index is 11.8. The highest BCUT2D eigenvalue weighted by Gasteiger charge is 2.13. The van der Waals surface area contributed by atoms with E-state index in [0.717, 1.165) is 10.9 Å². The summed E-state index contributed by atoms with van der Waals surface area (Å²) in [4.78, 5) is 23.1. The van der Waals surface area contributed by atoms with Gasteiger partial charge in [0.2, 0.25) is 0 Å². The molecule has 1 aromatic carbocycles. The van der Waals surface area contributed by atoms with E-state index in [-0.39, 0.29) is 18.4 Å². The van der Waals surface area contributed by atoms with Crippen molar-refractivity contribution >= 4 is 59.7 Å². The van der Waals surface area contributed by atoms with Crippen LogP contribution >= 0.6 is 47.8 Å². The number of esters is 2. The van der Waals surface area contributed by atoms with Crippen LogP contribution in [-0.4, -0.2) is 18.5 Å². The Morgan fingerprint density at radius 2 is 1.55 bits per heavy atom. The fourth-order valence-electron chi connectivity index (χ4n) is 1.62. The summed E-state index contributed by atoms with van der Waals surface area (Å²) in [6.45, 7) is 2.40. The van der Waals surface area contributed by atoms with Gasteiger partial charge in [0.05, 0.1) is 15.6 Å². The summed E-state index contributed by atoms with van der Waals surface area (Å²) in [6.07, 6.45) is 2.61. The number of carbonyl (C=O) groups excluding carboxylic acids is 2. The third-order valence-electron chi connectivity index (χ3n) is 2.66. The van der Waals surface area contributed by atoms with Gasteiger partial charge in [-0.3, -0.25) is 9.59 Å². The number of hydrogen-bond donors (Lipinski definition) is 0. The molecular weight excluding hydrogens is 484 g/mol. The molecule has 0 radical (unpaired) electrons. The van der Waals surface area contributed by atoms with E-state index in [1.807, 2.05) is 6.92 Å². The van der Waals surface area contributed by atoms with Crippen molar-refractivity contribution in [3.8, 4) is 5.75 Å². The van der Waals surface area contributed by atoms with Crippen LogP contribution in [0.4, 0.5) is 0 Å². The molecule has 4 nitrogen and oxygen atoms in total. The fraction of sp³-hybridized carbons (Fsp3) is 0.467. The van der Waals surface area contributed by atoms with Gasteiger partial charge in [0.15, 0.2) is 5.75 Å². The molecule has 0 saturated carbocycles. The molecule has 7 heteroatoms. The van der Waals surface area contributed by atoms with Gasteiger partial charge in [-0.2, -0.15) is 0 Å². The molecule has 0 saturated heterocycles. The predicted molar refractivity (Wildman–Crippen MR) is 94.9 cm³/mol. The molecule has 122 valence electrons. The van der Waals surface area contributed by atoms with Crippen LogP contribution in [0.2, 0.25) is 0 Å². The maximum atomic E-state index is 11.8. The minimum absolute atomic E-state index is 0.214. The smallest absolute Gasteiger partial charge is 0.311 e. The Morgan fingerprint density at radius 3 is 2.09 bits per heavy atom. The Morgan fingerprint density at radius 1 is 1.00 bits per heavy atom. The zero-order chi connectivity index (χ0) is 16.5. The quantitative estimate of drug-likeness (QED) is 0.273. The zero-order valence-corrected chi connectivity index (χ0v) is 16.9. The molecule has 0 aliphatic rings. The second-order valence-electron chi connectivity index (χ2n) is 4.60. The standard InChI is InChI=1S/C15H17Br3O4/c1-2-7-21-13(19)5-3-4-6-14(20)22-15-11(17)8-10(16)9-12(15)18/h8-9H,2-7H2,1H3. The van der Waals surface area contributed by atoms with Crippen LogP contribution < -0.4 is 4.74 Å². The van der Waals surface area contributed by atoms with Crippen LogP contribution in [0, 0.1) is 0 Å². The normalized spacial score (nSPS) is 10.4. The van der Waals surface area contributed by atoms with Crippen LogP contribution in [-0.2, 0) is 14.3 Å². The van der Waals surface area contributed by atoms with Crippen LogP contribution in [0.15, 0.2) is 25.6 Å². The van der Waals surface area contributed by atoms with Gasteiger partial charge in [-0.05, 0) is 63.3 Å². The highest BCUT2D eigenvalue weighted by Crippen LogP contribution is 2.36. The summed E-state index contributed by atoms with van der Waals surface area (Å²) in [5.74, 6) is -0.0881. The van der Waals surface area contributed by atoms with Crippen molar-refractivity contribution in [2.24, 2.45) is 0 Å². The molecule has 0 spiro atoms.